The van der Waals surface area contributed by atoms with Gasteiger partial charge < -0.3 is 10.2 Å². The Bertz CT molecular complexity index is 567. The summed E-state index contributed by atoms with van der Waals surface area (Å²) in [7, 11) is 0. The van der Waals surface area contributed by atoms with Crippen LogP contribution < -0.4 is 5.32 Å². The molecule has 4 unspecified atom stereocenters. The maximum Gasteiger partial charge on any atom is 0.226 e. The third-order valence-corrected chi connectivity index (χ3v) is 5.71. The first-order valence-electron chi connectivity index (χ1n) is 8.01. The Morgan fingerprint density at radius 3 is 2.86 bits per heavy atom. The van der Waals surface area contributed by atoms with Crippen molar-refractivity contribution in [3.63, 3.8) is 0 Å². The molecule has 5 heteroatoms. The summed E-state index contributed by atoms with van der Waals surface area (Å²) in [6.07, 6.45) is 4.66. The van der Waals surface area contributed by atoms with Gasteiger partial charge in [-0.05, 0) is 49.3 Å². The Kier molecular flexibility index (Phi) is 4.81. The van der Waals surface area contributed by atoms with E-state index in [1.54, 1.807) is 0 Å². The zero-order valence-electron chi connectivity index (χ0n) is 12.5. The molecule has 4 rings (SSSR count). The van der Waals surface area contributed by atoms with Crippen molar-refractivity contribution in [2.45, 2.75) is 43.7 Å². The number of amides is 1. The Labute approximate surface area is 146 Å². The standard InChI is InChI=1S/C17H21BrN2O.ClH/c18-12-3-1-2-11(8-12)15-9-16(15)17(21)20-7-6-13-4-5-14(10-20)19-13;/h1-3,8,13-16,19H,4-7,9-10H2;1H. The summed E-state index contributed by atoms with van der Waals surface area (Å²) in [5.74, 6) is 1.04. The van der Waals surface area contributed by atoms with E-state index in [2.05, 4.69) is 44.3 Å². The molecule has 1 aromatic rings. The summed E-state index contributed by atoms with van der Waals surface area (Å²) in [6, 6.07) is 9.59. The predicted octanol–water partition coefficient (Wildman–Crippen LogP) is 3.33. The molecule has 22 heavy (non-hydrogen) atoms. The number of likely N-dealkylation sites (tertiary alicyclic amines) is 1. The maximum atomic E-state index is 12.7. The van der Waals surface area contributed by atoms with Gasteiger partial charge in [0, 0.05) is 35.6 Å². The molecule has 1 saturated carbocycles. The third kappa shape index (κ3) is 3.19. The Hall–Kier alpha value is -0.580. The summed E-state index contributed by atoms with van der Waals surface area (Å²) in [6.45, 7) is 1.85. The number of rotatable bonds is 2. The van der Waals surface area contributed by atoms with Crippen LogP contribution in [-0.4, -0.2) is 36.0 Å². The largest absolute Gasteiger partial charge is 0.341 e. The van der Waals surface area contributed by atoms with Gasteiger partial charge in [0.15, 0.2) is 0 Å². The summed E-state index contributed by atoms with van der Waals surface area (Å²) in [4.78, 5) is 14.9. The molecule has 1 aliphatic carbocycles. The second kappa shape index (κ2) is 6.50. The molecule has 2 bridgehead atoms. The van der Waals surface area contributed by atoms with Crippen molar-refractivity contribution >= 4 is 34.2 Å². The molecule has 0 spiro atoms. The predicted molar refractivity (Wildman–Crippen MR) is 93.4 cm³/mol. The van der Waals surface area contributed by atoms with Crippen molar-refractivity contribution in [1.82, 2.24) is 10.2 Å². The molecule has 2 heterocycles. The molecule has 0 aromatic heterocycles. The number of nitrogens with zero attached hydrogens (tertiary/aromatic N) is 1. The van der Waals surface area contributed by atoms with Gasteiger partial charge in [-0.2, -0.15) is 0 Å². The number of fused-ring (bicyclic) bond motifs is 2. The molecule has 2 saturated heterocycles. The maximum absolute atomic E-state index is 12.7. The number of hydrogen-bond acceptors (Lipinski definition) is 2. The first-order valence-corrected chi connectivity index (χ1v) is 8.80. The van der Waals surface area contributed by atoms with Gasteiger partial charge in [0.2, 0.25) is 5.91 Å². The highest BCUT2D eigenvalue weighted by molar-refractivity contribution is 9.10. The van der Waals surface area contributed by atoms with E-state index in [0.717, 1.165) is 30.4 Å². The fourth-order valence-electron chi connectivity index (χ4n) is 3.95. The fourth-order valence-corrected chi connectivity index (χ4v) is 4.37. The fraction of sp³-hybridized carbons (Fsp3) is 0.588. The number of hydrogen-bond donors (Lipinski definition) is 1. The van der Waals surface area contributed by atoms with E-state index in [4.69, 9.17) is 0 Å². The van der Waals surface area contributed by atoms with Crippen LogP contribution in [0.3, 0.4) is 0 Å². The van der Waals surface area contributed by atoms with Crippen LogP contribution in [-0.2, 0) is 4.79 Å². The van der Waals surface area contributed by atoms with Crippen molar-refractivity contribution in [2.24, 2.45) is 5.92 Å². The Morgan fingerprint density at radius 2 is 2.05 bits per heavy atom. The minimum absolute atomic E-state index is 0. The van der Waals surface area contributed by atoms with Gasteiger partial charge in [0.25, 0.3) is 0 Å². The first kappa shape index (κ1) is 16.3. The number of nitrogens with one attached hydrogen (secondary N) is 1. The van der Waals surface area contributed by atoms with E-state index in [9.17, 15) is 4.79 Å². The number of carbonyl (C=O) groups is 1. The molecule has 4 atom stereocenters. The molecule has 3 aliphatic rings. The van der Waals surface area contributed by atoms with Crippen LogP contribution in [0.15, 0.2) is 28.7 Å². The van der Waals surface area contributed by atoms with Crippen LogP contribution in [0.4, 0.5) is 0 Å². The lowest BCUT2D eigenvalue weighted by molar-refractivity contribution is -0.132. The van der Waals surface area contributed by atoms with Crippen molar-refractivity contribution in [3.8, 4) is 0 Å². The van der Waals surface area contributed by atoms with E-state index < -0.39 is 0 Å². The molecule has 1 amide bonds. The van der Waals surface area contributed by atoms with Crippen molar-refractivity contribution < 1.29 is 4.79 Å². The Morgan fingerprint density at radius 1 is 1.23 bits per heavy atom. The van der Waals surface area contributed by atoms with Crippen LogP contribution in [0.2, 0.25) is 0 Å². The number of halogens is 2. The van der Waals surface area contributed by atoms with Crippen molar-refractivity contribution in [2.75, 3.05) is 13.1 Å². The Balaban J connectivity index is 0.00000144. The number of carbonyl (C=O) groups excluding carboxylic acids is 1. The zero-order valence-corrected chi connectivity index (χ0v) is 14.9. The van der Waals surface area contributed by atoms with Crippen LogP contribution in [0, 0.1) is 5.92 Å². The molecule has 120 valence electrons. The number of benzene rings is 1. The topological polar surface area (TPSA) is 32.3 Å². The van der Waals surface area contributed by atoms with Gasteiger partial charge in [-0.3, -0.25) is 4.79 Å². The third-order valence-electron chi connectivity index (χ3n) is 5.22. The minimum Gasteiger partial charge on any atom is -0.341 e. The highest BCUT2D eigenvalue weighted by Crippen LogP contribution is 2.49. The van der Waals surface area contributed by atoms with E-state index in [1.165, 1.54) is 18.4 Å². The van der Waals surface area contributed by atoms with E-state index >= 15 is 0 Å². The van der Waals surface area contributed by atoms with Crippen LogP contribution in [0.5, 0.6) is 0 Å². The van der Waals surface area contributed by atoms with E-state index in [1.807, 2.05) is 6.07 Å². The molecular weight excluding hydrogens is 364 g/mol. The average molecular weight is 386 g/mol. The second-order valence-corrected chi connectivity index (χ2v) is 7.63. The molecule has 3 fully saturated rings. The van der Waals surface area contributed by atoms with Crippen LogP contribution >= 0.6 is 28.3 Å². The molecule has 2 aliphatic heterocycles. The van der Waals surface area contributed by atoms with Gasteiger partial charge in [0.1, 0.15) is 0 Å². The molecule has 1 aromatic carbocycles. The second-order valence-electron chi connectivity index (χ2n) is 6.71. The molecular formula is C17H22BrClN2O. The lowest BCUT2D eigenvalue weighted by atomic mass is 10.1. The first-order chi connectivity index (χ1) is 10.2. The molecule has 1 N–H and O–H groups in total. The summed E-state index contributed by atoms with van der Waals surface area (Å²) >= 11 is 3.52. The van der Waals surface area contributed by atoms with Gasteiger partial charge in [0.05, 0.1) is 0 Å². The minimum atomic E-state index is 0. The van der Waals surface area contributed by atoms with Crippen molar-refractivity contribution in [1.29, 1.82) is 0 Å². The summed E-state index contributed by atoms with van der Waals surface area (Å²) < 4.78 is 1.11. The molecule has 0 radical (unpaired) electrons. The van der Waals surface area contributed by atoms with Gasteiger partial charge in [-0.15, -0.1) is 12.4 Å². The summed E-state index contributed by atoms with van der Waals surface area (Å²) in [5.41, 5.74) is 1.30. The normalized spacial score (nSPS) is 33.0. The van der Waals surface area contributed by atoms with Crippen LogP contribution in [0.1, 0.15) is 37.2 Å². The lowest BCUT2D eigenvalue weighted by Gasteiger charge is -2.24. The monoisotopic (exact) mass is 384 g/mol. The lowest BCUT2D eigenvalue weighted by Crippen LogP contribution is -2.40. The SMILES string of the molecule is Cl.O=C(C1CC1c1cccc(Br)c1)N1CCC2CCC(C1)N2. The van der Waals surface area contributed by atoms with Gasteiger partial charge >= 0.3 is 0 Å². The van der Waals surface area contributed by atoms with Gasteiger partial charge in [-0.25, -0.2) is 0 Å². The highest BCUT2D eigenvalue weighted by atomic mass is 79.9. The van der Waals surface area contributed by atoms with E-state index in [0.29, 0.717) is 23.9 Å². The summed E-state index contributed by atoms with van der Waals surface area (Å²) in [5, 5.41) is 3.65. The quantitative estimate of drug-likeness (QED) is 0.847. The zero-order chi connectivity index (χ0) is 14.4. The van der Waals surface area contributed by atoms with Gasteiger partial charge in [-0.1, -0.05) is 28.1 Å². The highest BCUT2D eigenvalue weighted by Gasteiger charge is 2.46. The molecule has 3 nitrogen and oxygen atoms in total. The smallest absolute Gasteiger partial charge is 0.226 e. The van der Waals surface area contributed by atoms with Crippen LogP contribution in [0.25, 0.3) is 0 Å². The van der Waals surface area contributed by atoms with E-state index in [-0.39, 0.29) is 18.3 Å². The average Bonchev–Trinajstić information content (AvgIpc) is 3.18. The van der Waals surface area contributed by atoms with Crippen molar-refractivity contribution in [3.05, 3.63) is 34.3 Å².